The molecule has 6 heteroatoms. The molecule has 0 saturated heterocycles. The number of hydrogen-bond acceptors (Lipinski definition) is 1. The van der Waals surface area contributed by atoms with Crippen molar-refractivity contribution in [3.05, 3.63) is 82.5 Å². The second kappa shape index (κ2) is 8.30. The predicted molar refractivity (Wildman–Crippen MR) is 124 cm³/mol. The lowest BCUT2D eigenvalue weighted by Gasteiger charge is -2.36. The van der Waals surface area contributed by atoms with E-state index >= 15 is 0 Å². The Bertz CT molecular complexity index is 1030. The third-order valence-corrected chi connectivity index (χ3v) is 11.8. The molecule has 166 valence electrons. The quantitative estimate of drug-likeness (QED) is 0.407. The lowest BCUT2D eigenvalue weighted by Crippen LogP contribution is -2.52. The van der Waals surface area contributed by atoms with E-state index in [0.29, 0.717) is 10.9 Å². The molecule has 0 amide bonds. The molecule has 0 saturated carbocycles. The zero-order chi connectivity index (χ0) is 23.0. The molecule has 0 N–H and O–H groups in total. The highest BCUT2D eigenvalue weighted by Gasteiger charge is 2.46. The van der Waals surface area contributed by atoms with E-state index in [9.17, 15) is 13.2 Å². The number of nitrogens with zero attached hydrogens (tertiary/aromatic N) is 2. The first kappa shape index (κ1) is 23.3. The van der Waals surface area contributed by atoms with Crippen LogP contribution < -0.4 is 5.32 Å². The molecule has 0 atom stereocenters. The maximum atomic E-state index is 14.4. The molecular weight excluding hydrogens is 413 g/mol. The van der Waals surface area contributed by atoms with Crippen molar-refractivity contribution in [2.24, 2.45) is 0 Å². The fourth-order valence-electron chi connectivity index (χ4n) is 3.62. The van der Waals surface area contributed by atoms with E-state index in [2.05, 4.69) is 39.0 Å². The summed E-state index contributed by atoms with van der Waals surface area (Å²) in [4.78, 5) is 0. The molecule has 0 unspecified atom stereocenters. The van der Waals surface area contributed by atoms with Crippen LogP contribution in [0.15, 0.2) is 54.6 Å². The van der Waals surface area contributed by atoms with Gasteiger partial charge in [-0.1, -0.05) is 94.0 Å². The Morgan fingerprint density at radius 3 is 1.97 bits per heavy atom. The molecule has 0 spiro atoms. The van der Waals surface area contributed by atoms with Crippen molar-refractivity contribution < 1.29 is 13.2 Å². The number of halogens is 3. The van der Waals surface area contributed by atoms with Crippen molar-refractivity contribution in [3.8, 4) is 0 Å². The summed E-state index contributed by atoms with van der Waals surface area (Å²) in [7, 11) is -2.33. The molecule has 3 aromatic rings. The van der Waals surface area contributed by atoms with Gasteiger partial charge < -0.3 is 0 Å². The van der Waals surface area contributed by atoms with E-state index in [1.165, 1.54) is 4.68 Å². The van der Waals surface area contributed by atoms with Gasteiger partial charge in [0, 0.05) is 17.3 Å². The Hall–Kier alpha value is -2.34. The van der Waals surface area contributed by atoms with Crippen molar-refractivity contribution in [3.63, 3.8) is 0 Å². The number of hydrogen-bond donors (Lipinski definition) is 0. The minimum atomic E-state index is -4.48. The lowest BCUT2D eigenvalue weighted by atomic mass is 10.0. The molecule has 1 aromatic heterocycles. The molecule has 3 rings (SSSR count). The SMILES string of the molecule is Cc1ccc(Cc2c([Si](C)(C)C(C)(C)C)nn(Cc3ccccc3)c2C(F)(F)F)cc1. The van der Waals surface area contributed by atoms with Crippen LogP contribution in [0.2, 0.25) is 18.1 Å². The third kappa shape index (κ3) is 4.95. The van der Waals surface area contributed by atoms with Gasteiger partial charge in [-0.05, 0) is 23.1 Å². The summed E-state index contributed by atoms with van der Waals surface area (Å²) in [6, 6.07) is 17.0. The van der Waals surface area contributed by atoms with Gasteiger partial charge in [-0.15, -0.1) is 0 Å². The van der Waals surface area contributed by atoms with Crippen molar-refractivity contribution in [2.75, 3.05) is 0 Å². The van der Waals surface area contributed by atoms with Gasteiger partial charge in [0.2, 0.25) is 0 Å². The summed E-state index contributed by atoms with van der Waals surface area (Å²) in [5, 5.41) is 5.20. The van der Waals surface area contributed by atoms with Crippen LogP contribution >= 0.6 is 0 Å². The van der Waals surface area contributed by atoms with Crippen LogP contribution in [0.3, 0.4) is 0 Å². The molecule has 2 aromatic carbocycles. The summed E-state index contributed by atoms with van der Waals surface area (Å²) in [6.45, 7) is 12.7. The molecule has 2 nitrogen and oxygen atoms in total. The standard InChI is InChI=1S/C25H31F3N2Si/c1-18-12-14-19(15-13-18)16-21-22(25(26,27)28)30(17-20-10-8-7-9-11-20)29-23(21)31(5,6)24(2,3)4/h7-15H,16-17H2,1-6H3. The molecule has 0 radical (unpaired) electrons. The second-order valence-corrected chi connectivity index (χ2v) is 15.1. The van der Waals surface area contributed by atoms with E-state index in [0.717, 1.165) is 16.7 Å². The maximum Gasteiger partial charge on any atom is 0.433 e. The Kier molecular flexibility index (Phi) is 6.25. The molecule has 0 aliphatic heterocycles. The van der Waals surface area contributed by atoms with Crippen molar-refractivity contribution in [1.82, 2.24) is 9.78 Å². The van der Waals surface area contributed by atoms with Crippen LogP contribution in [0.25, 0.3) is 0 Å². The fraction of sp³-hybridized carbons (Fsp3) is 0.400. The zero-order valence-corrected chi connectivity index (χ0v) is 20.1. The van der Waals surface area contributed by atoms with Crippen LogP contribution in [0, 0.1) is 6.92 Å². The molecule has 31 heavy (non-hydrogen) atoms. The predicted octanol–water partition coefficient (Wildman–Crippen LogP) is 6.56. The fourth-order valence-corrected chi connectivity index (χ4v) is 5.66. The van der Waals surface area contributed by atoms with Gasteiger partial charge in [-0.25, -0.2) is 0 Å². The topological polar surface area (TPSA) is 17.8 Å². The normalized spacial score (nSPS) is 12.9. The van der Waals surface area contributed by atoms with E-state index in [-0.39, 0.29) is 18.0 Å². The minimum Gasteiger partial charge on any atom is -0.256 e. The monoisotopic (exact) mass is 444 g/mol. The van der Waals surface area contributed by atoms with E-state index in [1.807, 2.05) is 61.5 Å². The summed E-state index contributed by atoms with van der Waals surface area (Å²) in [6.07, 6.45) is -4.26. The lowest BCUT2D eigenvalue weighted by molar-refractivity contribution is -0.144. The number of benzene rings is 2. The Morgan fingerprint density at radius 1 is 0.871 bits per heavy atom. The number of aromatic nitrogens is 2. The third-order valence-electron chi connectivity index (χ3n) is 6.46. The first-order valence-corrected chi connectivity index (χ1v) is 13.6. The Labute approximate surface area is 184 Å². The van der Waals surface area contributed by atoms with Gasteiger partial charge in [0.25, 0.3) is 0 Å². The largest absolute Gasteiger partial charge is 0.433 e. The molecule has 0 bridgehead atoms. The Balaban J connectivity index is 2.23. The Morgan fingerprint density at radius 2 is 1.45 bits per heavy atom. The number of aryl methyl sites for hydroxylation is 1. The summed E-state index contributed by atoms with van der Waals surface area (Å²) >= 11 is 0. The number of alkyl halides is 3. The van der Waals surface area contributed by atoms with Crippen LogP contribution in [0.5, 0.6) is 0 Å². The first-order chi connectivity index (χ1) is 14.3. The van der Waals surface area contributed by atoms with Crippen molar-refractivity contribution in [2.45, 2.75) is 65.0 Å². The van der Waals surface area contributed by atoms with Gasteiger partial charge in [0.1, 0.15) is 13.8 Å². The molecule has 0 fully saturated rings. The van der Waals surface area contributed by atoms with Crippen LogP contribution in [0.1, 0.15) is 48.7 Å². The smallest absolute Gasteiger partial charge is 0.256 e. The summed E-state index contributed by atoms with van der Waals surface area (Å²) in [5.74, 6) is 0. The van der Waals surface area contributed by atoms with E-state index in [4.69, 9.17) is 0 Å². The molecular formula is C25H31F3N2Si. The van der Waals surface area contributed by atoms with Gasteiger partial charge >= 0.3 is 6.18 Å². The number of rotatable bonds is 5. The van der Waals surface area contributed by atoms with Gasteiger partial charge in [-0.2, -0.15) is 18.3 Å². The van der Waals surface area contributed by atoms with Crippen LogP contribution in [-0.4, -0.2) is 17.9 Å². The van der Waals surface area contributed by atoms with Gasteiger partial charge in [0.05, 0.1) is 6.54 Å². The minimum absolute atomic E-state index is 0.102. The highest BCUT2D eigenvalue weighted by atomic mass is 28.3. The maximum absolute atomic E-state index is 14.4. The average Bonchev–Trinajstić information content (AvgIpc) is 3.02. The van der Waals surface area contributed by atoms with E-state index < -0.39 is 19.9 Å². The highest BCUT2D eigenvalue weighted by Crippen LogP contribution is 2.39. The first-order valence-electron chi connectivity index (χ1n) is 10.6. The second-order valence-electron chi connectivity index (χ2n) is 9.85. The van der Waals surface area contributed by atoms with Crippen molar-refractivity contribution >= 4 is 13.4 Å². The van der Waals surface area contributed by atoms with Crippen molar-refractivity contribution in [1.29, 1.82) is 0 Å². The molecule has 1 heterocycles. The van der Waals surface area contributed by atoms with Crippen LogP contribution in [-0.2, 0) is 19.1 Å². The highest BCUT2D eigenvalue weighted by molar-refractivity contribution is 6.91. The summed E-state index contributed by atoms with van der Waals surface area (Å²) < 4.78 is 44.5. The van der Waals surface area contributed by atoms with Gasteiger partial charge in [0.15, 0.2) is 0 Å². The average molecular weight is 445 g/mol. The molecule has 0 aliphatic carbocycles. The molecule has 0 aliphatic rings. The van der Waals surface area contributed by atoms with E-state index in [1.54, 1.807) is 0 Å². The van der Waals surface area contributed by atoms with Crippen LogP contribution in [0.4, 0.5) is 13.2 Å². The van der Waals surface area contributed by atoms with Gasteiger partial charge in [-0.3, -0.25) is 4.68 Å². The summed E-state index contributed by atoms with van der Waals surface area (Å²) in [5.41, 5.74) is 2.48. The zero-order valence-electron chi connectivity index (χ0n) is 19.1.